The van der Waals surface area contributed by atoms with Crippen molar-refractivity contribution in [3.05, 3.63) is 28.2 Å². The number of anilines is 1. The van der Waals surface area contributed by atoms with Crippen molar-refractivity contribution in [3.8, 4) is 0 Å². The molecule has 0 radical (unpaired) electrons. The number of halogens is 3. The molecule has 0 aromatic heterocycles. The molecule has 1 aromatic rings. The Kier molecular flexibility index (Phi) is 4.62. The number of carbonyl (C=O) groups excluding carboxylic acids is 2. The van der Waals surface area contributed by atoms with Crippen LogP contribution in [0.15, 0.2) is 22.7 Å². The predicted molar refractivity (Wildman–Crippen MR) is 83.1 cm³/mol. The minimum Gasteiger partial charge on any atom is -0.347 e. The fraction of sp³-hybridized carbons (Fsp3) is 0.385. The van der Waals surface area contributed by atoms with Gasteiger partial charge >= 0.3 is 0 Å². The maximum absolute atomic E-state index is 11.8. The topological polar surface area (TPSA) is 58.2 Å². The lowest BCUT2D eigenvalue weighted by Crippen LogP contribution is -2.34. The van der Waals surface area contributed by atoms with E-state index in [2.05, 4.69) is 26.6 Å². The zero-order valence-electron chi connectivity index (χ0n) is 10.7. The first kappa shape index (κ1) is 15.6. The zero-order chi connectivity index (χ0) is 14.9. The van der Waals surface area contributed by atoms with Crippen LogP contribution in [0.1, 0.15) is 12.0 Å². The van der Waals surface area contributed by atoms with E-state index in [0.29, 0.717) is 12.1 Å². The Hall–Kier alpha value is -0.780. The van der Waals surface area contributed by atoms with E-state index in [1.165, 1.54) is 0 Å². The first-order valence-corrected chi connectivity index (χ1v) is 7.56. The van der Waals surface area contributed by atoms with Crippen LogP contribution in [0, 0.1) is 12.8 Å². The van der Waals surface area contributed by atoms with Crippen molar-refractivity contribution in [1.82, 2.24) is 5.32 Å². The highest BCUT2D eigenvalue weighted by Crippen LogP contribution is 2.53. The van der Waals surface area contributed by atoms with E-state index < -0.39 is 10.3 Å². The van der Waals surface area contributed by atoms with Gasteiger partial charge in [-0.3, -0.25) is 9.59 Å². The van der Waals surface area contributed by atoms with Crippen LogP contribution in [0.25, 0.3) is 0 Å². The predicted octanol–water partition coefficient (Wildman–Crippen LogP) is 3.01. The van der Waals surface area contributed by atoms with Crippen LogP contribution < -0.4 is 10.6 Å². The van der Waals surface area contributed by atoms with E-state index in [0.717, 1.165) is 10.0 Å². The monoisotopic (exact) mass is 378 g/mol. The number of nitrogens with one attached hydrogen (secondary N) is 2. The molecule has 1 aliphatic rings. The lowest BCUT2D eigenvalue weighted by atomic mass is 10.2. The SMILES string of the molecule is Cc1cc(Br)ccc1NC(=O)CNC(=O)[C@@H]1CC1(Cl)Cl. The molecule has 2 rings (SSSR count). The summed E-state index contributed by atoms with van der Waals surface area (Å²) in [5, 5.41) is 5.25. The Morgan fingerprint density at radius 2 is 2.10 bits per heavy atom. The minimum atomic E-state index is -0.969. The van der Waals surface area contributed by atoms with E-state index in [4.69, 9.17) is 23.2 Å². The van der Waals surface area contributed by atoms with Gasteiger partial charge in [0.1, 0.15) is 4.33 Å². The molecule has 2 amide bonds. The van der Waals surface area contributed by atoms with Crippen LogP contribution in [0.4, 0.5) is 5.69 Å². The first-order valence-electron chi connectivity index (χ1n) is 6.01. The number of rotatable bonds is 4. The van der Waals surface area contributed by atoms with Crippen molar-refractivity contribution in [1.29, 1.82) is 0 Å². The summed E-state index contributed by atoms with van der Waals surface area (Å²) < 4.78 is -0.0290. The second-order valence-corrected chi connectivity index (χ2v) is 7.20. The van der Waals surface area contributed by atoms with E-state index in [9.17, 15) is 9.59 Å². The number of amides is 2. The van der Waals surface area contributed by atoms with Crippen molar-refractivity contribution in [2.75, 3.05) is 11.9 Å². The number of carbonyl (C=O) groups is 2. The highest BCUT2D eigenvalue weighted by atomic mass is 79.9. The van der Waals surface area contributed by atoms with Crippen LogP contribution in [-0.2, 0) is 9.59 Å². The molecule has 1 aliphatic carbocycles. The molecule has 0 heterocycles. The summed E-state index contributed by atoms with van der Waals surface area (Å²) in [6, 6.07) is 5.52. The maximum atomic E-state index is 11.8. The Balaban J connectivity index is 1.82. The van der Waals surface area contributed by atoms with Crippen LogP contribution >= 0.6 is 39.1 Å². The molecule has 0 unspecified atom stereocenters. The minimum absolute atomic E-state index is 0.102. The van der Waals surface area contributed by atoms with Gasteiger partial charge in [0.05, 0.1) is 12.5 Å². The van der Waals surface area contributed by atoms with E-state index in [-0.39, 0.29) is 18.4 Å². The molecule has 1 aromatic carbocycles. The maximum Gasteiger partial charge on any atom is 0.243 e. The number of hydrogen-bond donors (Lipinski definition) is 2. The summed E-state index contributed by atoms with van der Waals surface area (Å²) >= 11 is 14.9. The van der Waals surface area contributed by atoms with Gasteiger partial charge in [0.15, 0.2) is 0 Å². The molecule has 20 heavy (non-hydrogen) atoms. The molecule has 108 valence electrons. The smallest absolute Gasteiger partial charge is 0.243 e. The number of benzene rings is 1. The fourth-order valence-corrected chi connectivity index (χ4v) is 2.73. The summed E-state index contributed by atoms with van der Waals surface area (Å²) in [4.78, 5) is 23.4. The molecule has 0 bridgehead atoms. The van der Waals surface area contributed by atoms with Crippen molar-refractivity contribution >= 4 is 56.6 Å². The van der Waals surface area contributed by atoms with E-state index in [1.807, 2.05) is 19.1 Å². The molecule has 0 spiro atoms. The molecule has 1 fully saturated rings. The summed E-state index contributed by atoms with van der Waals surface area (Å²) in [5.74, 6) is -1.01. The van der Waals surface area contributed by atoms with Crippen molar-refractivity contribution in [3.63, 3.8) is 0 Å². The van der Waals surface area contributed by atoms with Crippen LogP contribution in [0.3, 0.4) is 0 Å². The second kappa shape index (κ2) is 5.92. The normalized spacial score (nSPS) is 19.3. The third-order valence-electron chi connectivity index (χ3n) is 3.03. The van der Waals surface area contributed by atoms with Crippen LogP contribution in [-0.4, -0.2) is 22.7 Å². The van der Waals surface area contributed by atoms with E-state index >= 15 is 0 Å². The first-order chi connectivity index (χ1) is 9.29. The Morgan fingerprint density at radius 3 is 2.65 bits per heavy atom. The summed E-state index contributed by atoms with van der Waals surface area (Å²) in [7, 11) is 0. The van der Waals surface area contributed by atoms with Crippen molar-refractivity contribution in [2.24, 2.45) is 5.92 Å². The van der Waals surface area contributed by atoms with Gasteiger partial charge in [-0.05, 0) is 37.1 Å². The Bertz CT molecular complexity index is 563. The molecule has 0 aliphatic heterocycles. The average Bonchev–Trinajstić information content (AvgIpc) is 2.99. The number of alkyl halides is 2. The highest BCUT2D eigenvalue weighted by molar-refractivity contribution is 9.10. The standard InChI is InChI=1S/C13H13BrCl2N2O2/c1-7-4-8(14)2-3-10(7)18-11(19)6-17-12(20)9-5-13(9,15)16/h2-4,9H,5-6H2,1H3,(H,17,20)(H,18,19)/t9-/m0/s1. The van der Waals surface area contributed by atoms with Gasteiger partial charge in [0, 0.05) is 10.2 Å². The van der Waals surface area contributed by atoms with Crippen LogP contribution in [0.2, 0.25) is 0 Å². The Labute approximate surface area is 135 Å². The van der Waals surface area contributed by atoms with Crippen molar-refractivity contribution < 1.29 is 9.59 Å². The Morgan fingerprint density at radius 1 is 1.45 bits per heavy atom. The third kappa shape index (κ3) is 3.87. The highest BCUT2D eigenvalue weighted by Gasteiger charge is 2.56. The van der Waals surface area contributed by atoms with Gasteiger partial charge in [-0.1, -0.05) is 15.9 Å². The molecule has 4 nitrogen and oxygen atoms in total. The van der Waals surface area contributed by atoms with E-state index in [1.54, 1.807) is 6.07 Å². The summed E-state index contributed by atoms with van der Waals surface area (Å²) in [6.07, 6.45) is 0.426. The quantitative estimate of drug-likeness (QED) is 0.790. The molecule has 0 saturated heterocycles. The average molecular weight is 380 g/mol. The fourth-order valence-electron chi connectivity index (χ4n) is 1.75. The van der Waals surface area contributed by atoms with Crippen LogP contribution in [0.5, 0.6) is 0 Å². The second-order valence-electron chi connectivity index (χ2n) is 4.74. The third-order valence-corrected chi connectivity index (χ3v) is 4.36. The van der Waals surface area contributed by atoms with Crippen molar-refractivity contribution in [2.45, 2.75) is 17.7 Å². The lowest BCUT2D eigenvalue weighted by molar-refractivity contribution is -0.125. The van der Waals surface area contributed by atoms with Gasteiger partial charge in [0.25, 0.3) is 0 Å². The number of aryl methyl sites for hydroxylation is 1. The zero-order valence-corrected chi connectivity index (χ0v) is 13.8. The molecule has 1 saturated carbocycles. The van der Waals surface area contributed by atoms with Gasteiger partial charge < -0.3 is 10.6 Å². The molecule has 7 heteroatoms. The molecule has 1 atom stereocenters. The summed E-state index contributed by atoms with van der Waals surface area (Å²) in [5.41, 5.74) is 1.64. The lowest BCUT2D eigenvalue weighted by Gasteiger charge is -2.09. The molecular formula is C13H13BrCl2N2O2. The summed E-state index contributed by atoms with van der Waals surface area (Å²) in [6.45, 7) is 1.78. The molecule has 2 N–H and O–H groups in total. The largest absolute Gasteiger partial charge is 0.347 e. The van der Waals surface area contributed by atoms with Gasteiger partial charge in [-0.2, -0.15) is 0 Å². The van der Waals surface area contributed by atoms with Gasteiger partial charge in [-0.15, -0.1) is 23.2 Å². The van der Waals surface area contributed by atoms with Gasteiger partial charge in [-0.25, -0.2) is 0 Å². The molecular weight excluding hydrogens is 367 g/mol. The van der Waals surface area contributed by atoms with Gasteiger partial charge in [0.2, 0.25) is 11.8 Å². The number of hydrogen-bond acceptors (Lipinski definition) is 2.